The predicted octanol–water partition coefficient (Wildman–Crippen LogP) is 1.67. The van der Waals surface area contributed by atoms with Gasteiger partial charge in [0.25, 0.3) is 0 Å². The van der Waals surface area contributed by atoms with Crippen molar-refractivity contribution < 1.29 is 22.7 Å². The summed E-state index contributed by atoms with van der Waals surface area (Å²) in [4.78, 5) is 10.8. The molecule has 1 N–H and O–H groups in total. The standard InChI is InChI=1S/C13H13NO5S/c15-13(16)12-7-10-6-9(2-3-11(10)19-12)8-14-4-1-5-20(14,17)18/h2-3,6-7H,1,4-5,8H2,(H,15,16). The first-order chi connectivity index (χ1) is 9.45. The van der Waals surface area contributed by atoms with Crippen molar-refractivity contribution in [2.75, 3.05) is 12.3 Å². The quantitative estimate of drug-likeness (QED) is 0.930. The molecule has 20 heavy (non-hydrogen) atoms. The van der Waals surface area contributed by atoms with E-state index in [4.69, 9.17) is 9.52 Å². The summed E-state index contributed by atoms with van der Waals surface area (Å²) in [5.41, 5.74) is 1.30. The van der Waals surface area contributed by atoms with Gasteiger partial charge in [-0.3, -0.25) is 0 Å². The Morgan fingerprint density at radius 1 is 1.35 bits per heavy atom. The number of furan rings is 1. The first kappa shape index (κ1) is 13.1. The van der Waals surface area contributed by atoms with Crippen LogP contribution in [0, 0.1) is 0 Å². The topological polar surface area (TPSA) is 87.8 Å². The number of hydrogen-bond acceptors (Lipinski definition) is 4. The van der Waals surface area contributed by atoms with Gasteiger partial charge < -0.3 is 9.52 Å². The van der Waals surface area contributed by atoms with E-state index in [1.54, 1.807) is 18.2 Å². The molecule has 1 aromatic carbocycles. The van der Waals surface area contributed by atoms with Crippen molar-refractivity contribution in [2.45, 2.75) is 13.0 Å². The van der Waals surface area contributed by atoms with Crippen molar-refractivity contribution in [3.05, 3.63) is 35.6 Å². The van der Waals surface area contributed by atoms with Crippen molar-refractivity contribution in [1.29, 1.82) is 0 Å². The predicted molar refractivity (Wildman–Crippen MR) is 72.0 cm³/mol. The van der Waals surface area contributed by atoms with Crippen molar-refractivity contribution in [2.24, 2.45) is 0 Å². The monoisotopic (exact) mass is 295 g/mol. The maximum absolute atomic E-state index is 11.8. The third-order valence-corrected chi connectivity index (χ3v) is 5.26. The van der Waals surface area contributed by atoms with E-state index in [-0.39, 0.29) is 11.5 Å². The van der Waals surface area contributed by atoms with Crippen LogP contribution in [-0.4, -0.2) is 36.1 Å². The van der Waals surface area contributed by atoms with Gasteiger partial charge in [0.2, 0.25) is 15.8 Å². The smallest absolute Gasteiger partial charge is 0.371 e. The summed E-state index contributed by atoms with van der Waals surface area (Å²) in [5.74, 6) is -1.04. The Balaban J connectivity index is 1.91. The normalized spacial score (nSPS) is 18.6. The molecule has 3 rings (SSSR count). The lowest BCUT2D eigenvalue weighted by Crippen LogP contribution is -2.25. The highest BCUT2D eigenvalue weighted by atomic mass is 32.2. The zero-order valence-electron chi connectivity index (χ0n) is 10.6. The van der Waals surface area contributed by atoms with Gasteiger partial charge in [-0.15, -0.1) is 0 Å². The third kappa shape index (κ3) is 2.30. The summed E-state index contributed by atoms with van der Waals surface area (Å²) in [5, 5.41) is 9.54. The molecule has 106 valence electrons. The largest absolute Gasteiger partial charge is 0.475 e. The minimum atomic E-state index is -3.13. The molecule has 0 atom stereocenters. The van der Waals surface area contributed by atoms with E-state index in [9.17, 15) is 13.2 Å². The molecule has 0 amide bonds. The van der Waals surface area contributed by atoms with Crippen molar-refractivity contribution in [1.82, 2.24) is 4.31 Å². The van der Waals surface area contributed by atoms with Crippen LogP contribution in [0.2, 0.25) is 0 Å². The van der Waals surface area contributed by atoms with Gasteiger partial charge in [0.1, 0.15) is 5.58 Å². The Bertz CT molecular complexity index is 777. The molecule has 1 aliphatic rings. The number of fused-ring (bicyclic) bond motifs is 1. The maximum atomic E-state index is 11.8. The fourth-order valence-electron chi connectivity index (χ4n) is 2.37. The van der Waals surface area contributed by atoms with Gasteiger partial charge in [0, 0.05) is 18.5 Å². The molecule has 2 heterocycles. The fraction of sp³-hybridized carbons (Fsp3) is 0.308. The van der Waals surface area contributed by atoms with Crippen LogP contribution < -0.4 is 0 Å². The molecule has 1 aliphatic heterocycles. The van der Waals surface area contributed by atoms with E-state index in [2.05, 4.69) is 0 Å². The zero-order chi connectivity index (χ0) is 14.3. The maximum Gasteiger partial charge on any atom is 0.371 e. The molecule has 0 unspecified atom stereocenters. The molecular formula is C13H13NO5S. The highest BCUT2D eigenvalue weighted by Gasteiger charge is 2.28. The van der Waals surface area contributed by atoms with E-state index in [1.165, 1.54) is 10.4 Å². The number of carboxylic acids is 1. The van der Waals surface area contributed by atoms with Crippen molar-refractivity contribution in [3.63, 3.8) is 0 Å². The Labute approximate surface area is 115 Å². The van der Waals surface area contributed by atoms with Gasteiger partial charge in [0.05, 0.1) is 5.75 Å². The van der Waals surface area contributed by atoms with Gasteiger partial charge in [-0.2, -0.15) is 4.31 Å². The number of nitrogens with zero attached hydrogens (tertiary/aromatic N) is 1. The molecule has 1 fully saturated rings. The lowest BCUT2D eigenvalue weighted by atomic mass is 10.1. The van der Waals surface area contributed by atoms with Gasteiger partial charge in [-0.1, -0.05) is 6.07 Å². The highest BCUT2D eigenvalue weighted by Crippen LogP contribution is 2.23. The molecular weight excluding hydrogens is 282 g/mol. The number of aromatic carboxylic acids is 1. The van der Waals surface area contributed by atoms with E-state index < -0.39 is 16.0 Å². The molecule has 6 nitrogen and oxygen atoms in total. The second-order valence-corrected chi connectivity index (χ2v) is 6.88. The Morgan fingerprint density at radius 2 is 2.15 bits per heavy atom. The lowest BCUT2D eigenvalue weighted by Gasteiger charge is -2.13. The first-order valence-corrected chi connectivity index (χ1v) is 7.80. The molecule has 0 aliphatic carbocycles. The van der Waals surface area contributed by atoms with E-state index >= 15 is 0 Å². The van der Waals surface area contributed by atoms with Crippen molar-refractivity contribution in [3.8, 4) is 0 Å². The first-order valence-electron chi connectivity index (χ1n) is 6.19. The van der Waals surface area contributed by atoms with Gasteiger partial charge >= 0.3 is 5.97 Å². The molecule has 0 saturated carbocycles. The molecule has 1 aromatic heterocycles. The summed E-state index contributed by atoms with van der Waals surface area (Å²) in [7, 11) is -3.13. The van der Waals surface area contributed by atoms with E-state index in [0.717, 1.165) is 5.56 Å². The molecule has 1 saturated heterocycles. The zero-order valence-corrected chi connectivity index (χ0v) is 11.4. The molecule has 0 bridgehead atoms. The SMILES string of the molecule is O=C(O)c1cc2cc(CN3CCCS3(=O)=O)ccc2o1. The Kier molecular flexibility index (Phi) is 3.02. The summed E-state index contributed by atoms with van der Waals surface area (Å²) in [6.45, 7) is 0.845. The fourth-order valence-corrected chi connectivity index (χ4v) is 3.87. The number of rotatable bonds is 3. The molecule has 2 aromatic rings. The van der Waals surface area contributed by atoms with Crippen LogP contribution >= 0.6 is 0 Å². The number of carbonyl (C=O) groups is 1. The molecule has 0 spiro atoms. The van der Waals surface area contributed by atoms with Crippen LogP contribution in [0.5, 0.6) is 0 Å². The minimum absolute atomic E-state index is 0.119. The second-order valence-electron chi connectivity index (χ2n) is 4.79. The Morgan fingerprint density at radius 3 is 2.80 bits per heavy atom. The number of benzene rings is 1. The van der Waals surface area contributed by atoms with Crippen LogP contribution in [0.15, 0.2) is 28.7 Å². The summed E-state index contributed by atoms with van der Waals surface area (Å²) < 4.78 is 30.1. The number of sulfonamides is 1. The van der Waals surface area contributed by atoms with Gasteiger partial charge in [0.15, 0.2) is 0 Å². The van der Waals surface area contributed by atoms with Crippen LogP contribution in [0.4, 0.5) is 0 Å². The average Bonchev–Trinajstić information content (AvgIpc) is 2.93. The highest BCUT2D eigenvalue weighted by molar-refractivity contribution is 7.89. The summed E-state index contributed by atoms with van der Waals surface area (Å²) >= 11 is 0. The minimum Gasteiger partial charge on any atom is -0.475 e. The van der Waals surface area contributed by atoms with E-state index in [1.807, 2.05) is 0 Å². The molecule has 7 heteroatoms. The molecule has 0 radical (unpaired) electrons. The summed E-state index contributed by atoms with van der Waals surface area (Å²) in [6, 6.07) is 6.63. The van der Waals surface area contributed by atoms with Gasteiger partial charge in [-0.25, -0.2) is 13.2 Å². The van der Waals surface area contributed by atoms with Crippen LogP contribution in [-0.2, 0) is 16.6 Å². The number of hydrogen-bond donors (Lipinski definition) is 1. The third-order valence-electron chi connectivity index (χ3n) is 3.35. The Hall–Kier alpha value is -1.86. The summed E-state index contributed by atoms with van der Waals surface area (Å²) in [6.07, 6.45) is 0.652. The van der Waals surface area contributed by atoms with Crippen LogP contribution in [0.3, 0.4) is 0 Å². The van der Waals surface area contributed by atoms with E-state index in [0.29, 0.717) is 30.5 Å². The number of carboxylic acid groups (broad SMARTS) is 1. The lowest BCUT2D eigenvalue weighted by molar-refractivity contribution is 0.0665. The average molecular weight is 295 g/mol. The van der Waals surface area contributed by atoms with Crippen molar-refractivity contribution >= 4 is 27.0 Å². The van der Waals surface area contributed by atoms with Crippen LogP contribution in [0.25, 0.3) is 11.0 Å². The second kappa shape index (κ2) is 4.60. The van der Waals surface area contributed by atoms with Gasteiger partial charge in [-0.05, 0) is 30.2 Å². The van der Waals surface area contributed by atoms with Crippen LogP contribution in [0.1, 0.15) is 22.5 Å².